The number of thioether (sulfide) groups is 1. The Morgan fingerprint density at radius 3 is 2.52 bits per heavy atom. The van der Waals surface area contributed by atoms with Crippen molar-refractivity contribution in [3.8, 4) is 0 Å². The summed E-state index contributed by atoms with van der Waals surface area (Å²) in [4.78, 5) is 7.28. The molecular formula is C16H34N4S. The van der Waals surface area contributed by atoms with Crippen molar-refractivity contribution in [3.63, 3.8) is 0 Å². The number of hydrogen-bond donors (Lipinski definition) is 2. The van der Waals surface area contributed by atoms with Gasteiger partial charge in [-0.25, -0.2) is 0 Å². The van der Waals surface area contributed by atoms with Crippen LogP contribution in [0.5, 0.6) is 0 Å². The van der Waals surface area contributed by atoms with Crippen molar-refractivity contribution in [2.75, 3.05) is 45.5 Å². The molecule has 0 saturated carbocycles. The predicted molar refractivity (Wildman–Crippen MR) is 96.5 cm³/mol. The Bertz CT molecular complexity index is 299. The molecule has 1 aliphatic rings. The second-order valence-electron chi connectivity index (χ2n) is 6.34. The van der Waals surface area contributed by atoms with E-state index >= 15 is 0 Å². The molecule has 124 valence electrons. The number of hydrogen-bond acceptors (Lipinski definition) is 3. The molecule has 1 aliphatic heterocycles. The maximum Gasteiger partial charge on any atom is 0.191 e. The number of rotatable bonds is 9. The summed E-state index contributed by atoms with van der Waals surface area (Å²) in [5.74, 6) is 0.959. The van der Waals surface area contributed by atoms with Crippen molar-refractivity contribution >= 4 is 17.7 Å². The van der Waals surface area contributed by atoms with Gasteiger partial charge in [-0.2, -0.15) is 11.8 Å². The monoisotopic (exact) mass is 314 g/mol. The third-order valence-electron chi connectivity index (χ3n) is 3.91. The first-order chi connectivity index (χ1) is 10.1. The van der Waals surface area contributed by atoms with Crippen LogP contribution in [-0.2, 0) is 0 Å². The summed E-state index contributed by atoms with van der Waals surface area (Å²) in [6.45, 7) is 13.2. The fourth-order valence-electron chi connectivity index (χ4n) is 2.35. The number of guanidine groups is 1. The van der Waals surface area contributed by atoms with Crippen LogP contribution in [0.2, 0.25) is 0 Å². The first kappa shape index (κ1) is 18.6. The molecule has 0 aromatic carbocycles. The lowest BCUT2D eigenvalue weighted by atomic mass is 10.2. The number of nitrogens with one attached hydrogen (secondary N) is 2. The largest absolute Gasteiger partial charge is 0.357 e. The van der Waals surface area contributed by atoms with E-state index < -0.39 is 0 Å². The van der Waals surface area contributed by atoms with E-state index in [1.807, 2.05) is 11.8 Å². The highest BCUT2D eigenvalue weighted by Crippen LogP contribution is 2.20. The van der Waals surface area contributed by atoms with Crippen molar-refractivity contribution in [3.05, 3.63) is 0 Å². The van der Waals surface area contributed by atoms with E-state index in [4.69, 9.17) is 4.99 Å². The number of aliphatic imine (C=N–C) groups is 1. The number of nitrogens with zero attached hydrogens (tertiary/aromatic N) is 2. The van der Waals surface area contributed by atoms with E-state index in [2.05, 4.69) is 42.6 Å². The van der Waals surface area contributed by atoms with E-state index in [1.165, 1.54) is 45.3 Å². The molecule has 0 atom stereocenters. The van der Waals surface area contributed by atoms with Crippen LogP contribution in [0.15, 0.2) is 4.99 Å². The Hall–Kier alpha value is -0.420. The van der Waals surface area contributed by atoms with Gasteiger partial charge in [0.1, 0.15) is 0 Å². The minimum absolute atomic E-state index is 0.206. The molecule has 0 bridgehead atoms. The van der Waals surface area contributed by atoms with E-state index in [0.717, 1.165) is 25.6 Å². The Labute approximate surface area is 135 Å². The molecule has 1 rings (SSSR count). The minimum Gasteiger partial charge on any atom is -0.357 e. The van der Waals surface area contributed by atoms with Crippen LogP contribution in [0.4, 0.5) is 0 Å². The Morgan fingerprint density at radius 1 is 1.19 bits per heavy atom. The van der Waals surface area contributed by atoms with Crippen molar-refractivity contribution in [2.24, 2.45) is 4.99 Å². The summed E-state index contributed by atoms with van der Waals surface area (Å²) in [5.41, 5.74) is 0. The lowest BCUT2D eigenvalue weighted by molar-refractivity contribution is 0.330. The second kappa shape index (κ2) is 10.3. The first-order valence-electron chi connectivity index (χ1n) is 8.37. The van der Waals surface area contributed by atoms with Gasteiger partial charge in [-0.15, -0.1) is 0 Å². The molecule has 1 saturated heterocycles. The fraction of sp³-hybridized carbons (Fsp3) is 0.938. The minimum atomic E-state index is 0.206. The quantitative estimate of drug-likeness (QED) is 0.390. The van der Waals surface area contributed by atoms with Gasteiger partial charge in [-0.3, -0.25) is 4.99 Å². The molecule has 1 fully saturated rings. The van der Waals surface area contributed by atoms with Gasteiger partial charge in [0.05, 0.1) is 6.54 Å². The summed E-state index contributed by atoms with van der Waals surface area (Å²) in [7, 11) is 0. The summed E-state index contributed by atoms with van der Waals surface area (Å²) in [5, 5.41) is 6.78. The highest BCUT2D eigenvalue weighted by atomic mass is 32.2. The van der Waals surface area contributed by atoms with Crippen molar-refractivity contribution in [2.45, 2.75) is 51.2 Å². The van der Waals surface area contributed by atoms with Crippen LogP contribution in [-0.4, -0.2) is 61.1 Å². The van der Waals surface area contributed by atoms with Gasteiger partial charge in [0, 0.05) is 17.8 Å². The standard InChI is InChI=1S/C16H34N4S/c1-5-17-15(19-14-16(2,3)21-4)18-10-6-7-11-20-12-8-9-13-20/h5-14H2,1-4H3,(H2,17,18,19). The van der Waals surface area contributed by atoms with Gasteiger partial charge < -0.3 is 15.5 Å². The molecule has 1 heterocycles. The highest BCUT2D eigenvalue weighted by molar-refractivity contribution is 7.99. The smallest absolute Gasteiger partial charge is 0.191 e. The van der Waals surface area contributed by atoms with E-state index in [0.29, 0.717) is 0 Å². The molecule has 0 unspecified atom stereocenters. The Morgan fingerprint density at radius 2 is 1.90 bits per heavy atom. The maximum atomic E-state index is 4.69. The zero-order chi connectivity index (χ0) is 15.6. The Kier molecular flexibility index (Phi) is 9.16. The van der Waals surface area contributed by atoms with E-state index in [1.54, 1.807) is 0 Å². The molecule has 2 N–H and O–H groups in total. The van der Waals surface area contributed by atoms with E-state index in [-0.39, 0.29) is 4.75 Å². The lowest BCUT2D eigenvalue weighted by Gasteiger charge is -2.20. The molecule has 4 nitrogen and oxygen atoms in total. The van der Waals surface area contributed by atoms with Gasteiger partial charge in [0.2, 0.25) is 0 Å². The third kappa shape index (κ3) is 8.57. The number of likely N-dealkylation sites (tertiary alicyclic amines) is 1. The normalized spacial score (nSPS) is 17.2. The van der Waals surface area contributed by atoms with Crippen LogP contribution in [0.1, 0.15) is 46.5 Å². The predicted octanol–water partition coefficient (Wildman–Crippen LogP) is 2.56. The molecular weight excluding hydrogens is 280 g/mol. The van der Waals surface area contributed by atoms with Crippen molar-refractivity contribution < 1.29 is 0 Å². The Balaban J connectivity index is 2.18. The zero-order valence-corrected chi connectivity index (χ0v) is 15.2. The molecule has 0 amide bonds. The van der Waals surface area contributed by atoms with Crippen LogP contribution in [0.25, 0.3) is 0 Å². The summed E-state index contributed by atoms with van der Waals surface area (Å²) in [6.07, 6.45) is 7.42. The topological polar surface area (TPSA) is 39.7 Å². The summed E-state index contributed by atoms with van der Waals surface area (Å²) >= 11 is 1.87. The molecule has 0 spiro atoms. The van der Waals surface area contributed by atoms with Gasteiger partial charge >= 0.3 is 0 Å². The van der Waals surface area contributed by atoms with Gasteiger partial charge in [0.25, 0.3) is 0 Å². The highest BCUT2D eigenvalue weighted by Gasteiger charge is 2.15. The fourth-order valence-corrected chi connectivity index (χ4v) is 2.54. The van der Waals surface area contributed by atoms with Crippen molar-refractivity contribution in [1.29, 1.82) is 0 Å². The average Bonchev–Trinajstić information content (AvgIpc) is 2.97. The van der Waals surface area contributed by atoms with Crippen LogP contribution >= 0.6 is 11.8 Å². The summed E-state index contributed by atoms with van der Waals surface area (Å²) in [6, 6.07) is 0. The van der Waals surface area contributed by atoms with Gasteiger partial charge in [-0.05, 0) is 72.3 Å². The molecule has 0 aliphatic carbocycles. The second-order valence-corrected chi connectivity index (χ2v) is 7.86. The van der Waals surface area contributed by atoms with Gasteiger partial charge in [-0.1, -0.05) is 0 Å². The molecule has 0 radical (unpaired) electrons. The average molecular weight is 315 g/mol. The first-order valence-corrected chi connectivity index (χ1v) is 9.59. The van der Waals surface area contributed by atoms with Crippen LogP contribution in [0.3, 0.4) is 0 Å². The van der Waals surface area contributed by atoms with E-state index in [9.17, 15) is 0 Å². The third-order valence-corrected chi connectivity index (χ3v) is 5.14. The molecule has 0 aromatic rings. The molecule has 5 heteroatoms. The van der Waals surface area contributed by atoms with Crippen LogP contribution < -0.4 is 10.6 Å². The number of unbranched alkanes of at least 4 members (excludes halogenated alkanes) is 1. The summed E-state index contributed by atoms with van der Waals surface area (Å²) < 4.78 is 0.206. The molecule has 21 heavy (non-hydrogen) atoms. The zero-order valence-electron chi connectivity index (χ0n) is 14.4. The maximum absolute atomic E-state index is 4.69. The van der Waals surface area contributed by atoms with Crippen LogP contribution in [0, 0.1) is 0 Å². The lowest BCUT2D eigenvalue weighted by Crippen LogP contribution is -2.39. The van der Waals surface area contributed by atoms with Gasteiger partial charge in [0.15, 0.2) is 5.96 Å². The van der Waals surface area contributed by atoms with Crippen molar-refractivity contribution in [1.82, 2.24) is 15.5 Å². The molecule has 0 aromatic heterocycles. The SMILES string of the molecule is CCNC(=NCC(C)(C)SC)NCCCCN1CCCC1.